The number of benzene rings is 1. The maximum absolute atomic E-state index is 5.98. The SMILES string of the molecule is CCCC(N)Cc1cc2ccccc2o1.Cl. The van der Waals surface area contributed by atoms with E-state index >= 15 is 0 Å². The molecular formula is C13H18ClNO. The first-order chi connectivity index (χ1) is 7.29. The maximum Gasteiger partial charge on any atom is 0.134 e. The summed E-state index contributed by atoms with van der Waals surface area (Å²) in [5.74, 6) is 0.997. The normalized spacial score (nSPS) is 12.4. The Hall–Kier alpha value is -0.990. The van der Waals surface area contributed by atoms with E-state index in [0.717, 1.165) is 36.0 Å². The number of furan rings is 1. The van der Waals surface area contributed by atoms with Crippen LogP contribution in [0.3, 0.4) is 0 Å². The van der Waals surface area contributed by atoms with Gasteiger partial charge in [0.05, 0.1) is 0 Å². The number of para-hydroxylation sites is 1. The molecule has 0 fully saturated rings. The Morgan fingerprint density at radius 3 is 2.75 bits per heavy atom. The van der Waals surface area contributed by atoms with Crippen LogP contribution >= 0.6 is 12.4 Å². The van der Waals surface area contributed by atoms with Crippen molar-refractivity contribution in [3.63, 3.8) is 0 Å². The zero-order valence-electron chi connectivity index (χ0n) is 9.48. The predicted octanol–water partition coefficient (Wildman–Crippen LogP) is 3.52. The second-order valence-corrected chi connectivity index (χ2v) is 4.00. The lowest BCUT2D eigenvalue weighted by molar-refractivity contribution is 0.497. The lowest BCUT2D eigenvalue weighted by atomic mass is 10.1. The van der Waals surface area contributed by atoms with Crippen LogP contribution in [0.4, 0.5) is 0 Å². The number of hydrogen-bond donors (Lipinski definition) is 1. The molecule has 2 rings (SSSR count). The average molecular weight is 240 g/mol. The number of fused-ring (bicyclic) bond motifs is 1. The molecule has 1 aromatic carbocycles. The maximum atomic E-state index is 5.98. The fraction of sp³-hybridized carbons (Fsp3) is 0.385. The highest BCUT2D eigenvalue weighted by Gasteiger charge is 2.07. The molecular weight excluding hydrogens is 222 g/mol. The molecule has 1 atom stereocenters. The van der Waals surface area contributed by atoms with Crippen LogP contribution in [-0.2, 0) is 6.42 Å². The van der Waals surface area contributed by atoms with Crippen molar-refractivity contribution < 1.29 is 4.42 Å². The standard InChI is InChI=1S/C13H17NO.ClH/c1-2-5-11(14)9-12-8-10-6-3-4-7-13(10)15-12;/h3-4,6-8,11H,2,5,9,14H2,1H3;1H. The zero-order valence-corrected chi connectivity index (χ0v) is 10.3. The highest BCUT2D eigenvalue weighted by molar-refractivity contribution is 5.85. The van der Waals surface area contributed by atoms with Crippen LogP contribution < -0.4 is 5.73 Å². The summed E-state index contributed by atoms with van der Waals surface area (Å²) in [5, 5.41) is 1.16. The minimum atomic E-state index is 0. The van der Waals surface area contributed by atoms with Crippen LogP contribution in [-0.4, -0.2) is 6.04 Å². The first kappa shape index (κ1) is 13.1. The minimum absolute atomic E-state index is 0. The van der Waals surface area contributed by atoms with E-state index in [1.165, 1.54) is 0 Å². The molecule has 0 aliphatic heterocycles. The summed E-state index contributed by atoms with van der Waals surface area (Å²) in [5.41, 5.74) is 6.93. The molecule has 0 bridgehead atoms. The van der Waals surface area contributed by atoms with E-state index in [4.69, 9.17) is 10.2 Å². The topological polar surface area (TPSA) is 39.2 Å². The van der Waals surface area contributed by atoms with Gasteiger partial charge in [-0.2, -0.15) is 0 Å². The van der Waals surface area contributed by atoms with Crippen molar-refractivity contribution in [1.82, 2.24) is 0 Å². The van der Waals surface area contributed by atoms with Gasteiger partial charge in [-0.25, -0.2) is 0 Å². The third-order valence-corrected chi connectivity index (χ3v) is 2.60. The molecule has 0 saturated heterocycles. The molecule has 0 saturated carbocycles. The summed E-state index contributed by atoms with van der Waals surface area (Å²) < 4.78 is 5.71. The van der Waals surface area contributed by atoms with Crippen molar-refractivity contribution in [3.8, 4) is 0 Å². The van der Waals surface area contributed by atoms with Crippen LogP contribution in [0.2, 0.25) is 0 Å². The molecule has 0 radical (unpaired) electrons. The van der Waals surface area contributed by atoms with Gasteiger partial charge in [-0.3, -0.25) is 0 Å². The molecule has 0 aliphatic rings. The van der Waals surface area contributed by atoms with E-state index in [1.54, 1.807) is 0 Å². The summed E-state index contributed by atoms with van der Waals surface area (Å²) >= 11 is 0. The molecule has 0 aliphatic carbocycles. The Morgan fingerprint density at radius 1 is 1.31 bits per heavy atom. The van der Waals surface area contributed by atoms with E-state index in [0.29, 0.717) is 0 Å². The second-order valence-electron chi connectivity index (χ2n) is 4.00. The van der Waals surface area contributed by atoms with Crippen molar-refractivity contribution >= 4 is 23.4 Å². The van der Waals surface area contributed by atoms with Crippen molar-refractivity contribution in [1.29, 1.82) is 0 Å². The van der Waals surface area contributed by atoms with Gasteiger partial charge in [-0.15, -0.1) is 12.4 Å². The van der Waals surface area contributed by atoms with Gasteiger partial charge >= 0.3 is 0 Å². The Bertz CT molecular complexity index is 405. The third-order valence-electron chi connectivity index (χ3n) is 2.60. The first-order valence-electron chi connectivity index (χ1n) is 5.52. The van der Waals surface area contributed by atoms with Crippen LogP contribution in [0.15, 0.2) is 34.7 Å². The molecule has 2 aromatic rings. The van der Waals surface area contributed by atoms with Gasteiger partial charge in [-0.1, -0.05) is 31.5 Å². The average Bonchev–Trinajstić information content (AvgIpc) is 2.59. The first-order valence-corrected chi connectivity index (χ1v) is 5.52. The number of halogens is 1. The Morgan fingerprint density at radius 2 is 2.06 bits per heavy atom. The van der Waals surface area contributed by atoms with Crippen molar-refractivity contribution in [3.05, 3.63) is 36.1 Å². The molecule has 1 aromatic heterocycles. The third kappa shape index (κ3) is 3.00. The number of nitrogens with two attached hydrogens (primary N) is 1. The Balaban J connectivity index is 0.00000128. The molecule has 88 valence electrons. The quantitative estimate of drug-likeness (QED) is 0.887. The summed E-state index contributed by atoms with van der Waals surface area (Å²) in [6, 6.07) is 10.4. The minimum Gasteiger partial charge on any atom is -0.461 e. The van der Waals surface area contributed by atoms with Crippen LogP contribution in [0.5, 0.6) is 0 Å². The summed E-state index contributed by atoms with van der Waals surface area (Å²) in [6.45, 7) is 2.15. The van der Waals surface area contributed by atoms with Crippen LogP contribution in [0, 0.1) is 0 Å². The Kier molecular flexibility index (Phi) is 4.84. The molecule has 2 nitrogen and oxygen atoms in total. The molecule has 0 amide bonds. The summed E-state index contributed by atoms with van der Waals surface area (Å²) in [6.07, 6.45) is 3.01. The van der Waals surface area contributed by atoms with Crippen LogP contribution in [0.1, 0.15) is 25.5 Å². The molecule has 3 heteroatoms. The summed E-state index contributed by atoms with van der Waals surface area (Å²) in [4.78, 5) is 0. The molecule has 1 unspecified atom stereocenters. The van der Waals surface area contributed by atoms with E-state index in [-0.39, 0.29) is 18.4 Å². The number of rotatable bonds is 4. The highest BCUT2D eigenvalue weighted by atomic mass is 35.5. The predicted molar refractivity (Wildman–Crippen MR) is 70.0 cm³/mol. The second kappa shape index (κ2) is 5.92. The molecule has 0 spiro atoms. The van der Waals surface area contributed by atoms with E-state index in [1.807, 2.05) is 18.2 Å². The van der Waals surface area contributed by atoms with Crippen molar-refractivity contribution in [2.24, 2.45) is 5.73 Å². The summed E-state index contributed by atoms with van der Waals surface area (Å²) in [7, 11) is 0. The van der Waals surface area contributed by atoms with Crippen molar-refractivity contribution in [2.75, 3.05) is 0 Å². The fourth-order valence-corrected chi connectivity index (χ4v) is 1.87. The Labute approximate surface area is 102 Å². The zero-order chi connectivity index (χ0) is 10.7. The monoisotopic (exact) mass is 239 g/mol. The lowest BCUT2D eigenvalue weighted by Gasteiger charge is -2.06. The van der Waals surface area contributed by atoms with Gasteiger partial charge < -0.3 is 10.2 Å². The smallest absolute Gasteiger partial charge is 0.134 e. The van der Waals surface area contributed by atoms with Gasteiger partial charge in [0, 0.05) is 17.8 Å². The van der Waals surface area contributed by atoms with Crippen LogP contribution in [0.25, 0.3) is 11.0 Å². The van der Waals surface area contributed by atoms with Gasteiger partial charge in [0.2, 0.25) is 0 Å². The van der Waals surface area contributed by atoms with Gasteiger partial charge in [0.1, 0.15) is 11.3 Å². The van der Waals surface area contributed by atoms with Gasteiger partial charge in [0.25, 0.3) is 0 Å². The fourth-order valence-electron chi connectivity index (χ4n) is 1.87. The van der Waals surface area contributed by atoms with E-state index < -0.39 is 0 Å². The van der Waals surface area contributed by atoms with E-state index in [9.17, 15) is 0 Å². The van der Waals surface area contributed by atoms with Gasteiger partial charge in [-0.05, 0) is 18.6 Å². The lowest BCUT2D eigenvalue weighted by Crippen LogP contribution is -2.21. The molecule has 16 heavy (non-hydrogen) atoms. The highest BCUT2D eigenvalue weighted by Crippen LogP contribution is 2.20. The van der Waals surface area contributed by atoms with Gasteiger partial charge in [0.15, 0.2) is 0 Å². The number of hydrogen-bond acceptors (Lipinski definition) is 2. The molecule has 1 heterocycles. The largest absolute Gasteiger partial charge is 0.461 e. The molecule has 2 N–H and O–H groups in total. The van der Waals surface area contributed by atoms with E-state index in [2.05, 4.69) is 19.1 Å². The van der Waals surface area contributed by atoms with Crippen molar-refractivity contribution in [2.45, 2.75) is 32.2 Å².